The first kappa shape index (κ1) is 16.4. The third kappa shape index (κ3) is 7.42. The standard InChI is InChI=1S/C5H10N2S3.K.H2O/c8-5(9)6-7-1-3-10-4-2-7;;/h1-4H2,(H2,6,8,9);;1H2/q;+1;/p-1. The summed E-state index contributed by atoms with van der Waals surface area (Å²) in [7, 11) is 0. The molecule has 0 aliphatic carbocycles. The van der Waals surface area contributed by atoms with Crippen molar-refractivity contribution in [2.45, 2.75) is 0 Å². The zero-order chi connectivity index (χ0) is 7.40. The topological polar surface area (TPSA) is 46.8 Å². The van der Waals surface area contributed by atoms with E-state index in [1.165, 1.54) is 11.5 Å². The van der Waals surface area contributed by atoms with E-state index >= 15 is 0 Å². The predicted octanol–water partition coefficient (Wildman–Crippen LogP) is -3.45. The van der Waals surface area contributed by atoms with Gasteiger partial charge < -0.3 is 35.7 Å². The SMILES string of the molecule is O.S=C([S-])NN1CCSCC1.[K+]. The molecule has 7 heteroatoms. The molecule has 0 aromatic heterocycles. The molecule has 0 amide bonds. The fraction of sp³-hybridized carbons (Fsp3) is 0.800. The van der Waals surface area contributed by atoms with Gasteiger partial charge in [0.25, 0.3) is 0 Å². The van der Waals surface area contributed by atoms with E-state index in [1.54, 1.807) is 0 Å². The van der Waals surface area contributed by atoms with E-state index in [1.807, 2.05) is 11.8 Å². The third-order valence-electron chi connectivity index (χ3n) is 1.26. The normalized spacial score (nSPS) is 17.0. The van der Waals surface area contributed by atoms with Gasteiger partial charge in [0, 0.05) is 24.6 Å². The summed E-state index contributed by atoms with van der Waals surface area (Å²) in [5.74, 6) is 2.34. The smallest absolute Gasteiger partial charge is 0.412 e. The molecule has 66 valence electrons. The molecule has 0 radical (unpaired) electrons. The Morgan fingerprint density at radius 2 is 1.92 bits per heavy atom. The zero-order valence-electron chi connectivity index (χ0n) is 7.00. The summed E-state index contributed by atoms with van der Waals surface area (Å²) >= 11 is 11.4. The number of thioether (sulfide) groups is 1. The fourth-order valence-corrected chi connectivity index (χ4v) is 1.97. The van der Waals surface area contributed by atoms with Gasteiger partial charge in [-0.1, -0.05) is 0 Å². The average molecular weight is 250 g/mol. The van der Waals surface area contributed by atoms with Crippen LogP contribution in [0.25, 0.3) is 0 Å². The molecule has 0 bridgehead atoms. The summed E-state index contributed by atoms with van der Waals surface area (Å²) in [5, 5.41) is 2.08. The van der Waals surface area contributed by atoms with Crippen molar-refractivity contribution >= 4 is 40.9 Å². The van der Waals surface area contributed by atoms with Crippen LogP contribution < -0.4 is 56.8 Å². The van der Waals surface area contributed by atoms with Crippen molar-refractivity contribution in [3.05, 3.63) is 0 Å². The molecule has 0 unspecified atom stereocenters. The van der Waals surface area contributed by atoms with Gasteiger partial charge in [-0.15, -0.1) is 0 Å². The zero-order valence-corrected chi connectivity index (χ0v) is 12.6. The van der Waals surface area contributed by atoms with Gasteiger partial charge in [0.05, 0.1) is 0 Å². The maximum Gasteiger partial charge on any atom is 1.00 e. The Balaban J connectivity index is 0. The molecule has 12 heavy (non-hydrogen) atoms. The van der Waals surface area contributed by atoms with Crippen molar-refractivity contribution in [3.63, 3.8) is 0 Å². The molecule has 3 N–H and O–H groups in total. The van der Waals surface area contributed by atoms with Gasteiger partial charge in [0.1, 0.15) is 0 Å². The molecule has 0 aromatic carbocycles. The Morgan fingerprint density at radius 3 is 2.33 bits per heavy atom. The summed E-state index contributed by atoms with van der Waals surface area (Å²) in [6.45, 7) is 2.09. The maximum absolute atomic E-state index is 4.73. The van der Waals surface area contributed by atoms with Crippen LogP contribution >= 0.6 is 24.0 Å². The maximum atomic E-state index is 4.73. The van der Waals surface area contributed by atoms with Gasteiger partial charge >= 0.3 is 51.4 Å². The monoisotopic (exact) mass is 250 g/mol. The van der Waals surface area contributed by atoms with E-state index in [9.17, 15) is 0 Å². The van der Waals surface area contributed by atoms with Crippen LogP contribution in [-0.2, 0) is 12.6 Å². The number of hydrogen-bond acceptors (Lipinski definition) is 4. The summed E-state index contributed by atoms with van der Waals surface area (Å²) in [4.78, 5) is 0. The largest absolute Gasteiger partial charge is 1.00 e. The minimum absolute atomic E-state index is 0. The molecule has 0 aromatic rings. The number of hydrazine groups is 1. The molecule has 1 rings (SSSR count). The molecule has 0 atom stereocenters. The second kappa shape index (κ2) is 9.57. The second-order valence-electron chi connectivity index (χ2n) is 2.00. The molecule has 3 nitrogen and oxygen atoms in total. The second-order valence-corrected chi connectivity index (χ2v) is 4.30. The van der Waals surface area contributed by atoms with Gasteiger partial charge in [0.15, 0.2) is 0 Å². The van der Waals surface area contributed by atoms with E-state index in [0.29, 0.717) is 4.32 Å². The van der Waals surface area contributed by atoms with Crippen LogP contribution in [0.15, 0.2) is 0 Å². The van der Waals surface area contributed by atoms with Gasteiger partial charge in [-0.2, -0.15) is 11.8 Å². The Labute approximate surface area is 131 Å². The Morgan fingerprint density at radius 1 is 1.42 bits per heavy atom. The number of thiocarbonyl (C=S) groups is 1. The van der Waals surface area contributed by atoms with Gasteiger partial charge in [-0.25, -0.2) is 5.01 Å². The van der Waals surface area contributed by atoms with Crippen LogP contribution in [0.5, 0.6) is 0 Å². The molecule has 1 saturated heterocycles. The van der Waals surface area contributed by atoms with Crippen LogP contribution in [-0.4, -0.2) is 39.4 Å². The Hall–Kier alpha value is 2.02. The number of nitrogens with zero attached hydrogens (tertiary/aromatic N) is 1. The van der Waals surface area contributed by atoms with Crippen molar-refractivity contribution in [1.82, 2.24) is 10.4 Å². The van der Waals surface area contributed by atoms with Crippen LogP contribution in [0.2, 0.25) is 0 Å². The quantitative estimate of drug-likeness (QED) is 0.298. The van der Waals surface area contributed by atoms with Crippen LogP contribution in [0.1, 0.15) is 0 Å². The number of rotatable bonds is 1. The number of nitrogens with one attached hydrogen (secondary N) is 1. The van der Waals surface area contributed by atoms with E-state index < -0.39 is 0 Å². The van der Waals surface area contributed by atoms with Gasteiger partial charge in [0.2, 0.25) is 0 Å². The van der Waals surface area contributed by atoms with Crippen molar-refractivity contribution < 1.29 is 56.9 Å². The van der Waals surface area contributed by atoms with Gasteiger partial charge in [-0.3, -0.25) is 0 Å². The molecule has 0 saturated carbocycles. The van der Waals surface area contributed by atoms with Gasteiger partial charge in [-0.05, 0) is 4.32 Å². The fourth-order valence-electron chi connectivity index (χ4n) is 0.804. The molecule has 0 spiro atoms. The van der Waals surface area contributed by atoms with E-state index in [4.69, 9.17) is 24.8 Å². The van der Waals surface area contributed by atoms with Crippen LogP contribution in [0, 0.1) is 0 Å². The van der Waals surface area contributed by atoms with Crippen molar-refractivity contribution in [2.24, 2.45) is 0 Å². The van der Waals surface area contributed by atoms with E-state index in [-0.39, 0.29) is 56.9 Å². The predicted molar refractivity (Wildman–Crippen MR) is 55.6 cm³/mol. The minimum atomic E-state index is 0. The molecule has 1 aliphatic rings. The first-order valence-corrected chi connectivity index (χ1v) is 5.06. The Bertz CT molecular complexity index is 132. The number of hydrogen-bond donors (Lipinski definition) is 1. The summed E-state index contributed by atoms with van der Waals surface area (Å²) in [5.41, 5.74) is 2.95. The molecule has 1 fully saturated rings. The third-order valence-corrected chi connectivity index (χ3v) is 2.39. The first-order valence-electron chi connectivity index (χ1n) is 3.09. The molecular weight excluding hydrogens is 239 g/mol. The first-order chi connectivity index (χ1) is 4.79. The summed E-state index contributed by atoms with van der Waals surface area (Å²) < 4.78 is 0.451. The summed E-state index contributed by atoms with van der Waals surface area (Å²) in [6.07, 6.45) is 0. The van der Waals surface area contributed by atoms with Crippen molar-refractivity contribution in [3.8, 4) is 0 Å². The van der Waals surface area contributed by atoms with Crippen LogP contribution in [0.4, 0.5) is 0 Å². The van der Waals surface area contributed by atoms with E-state index in [0.717, 1.165) is 13.1 Å². The molecule has 1 aliphatic heterocycles. The van der Waals surface area contributed by atoms with Crippen molar-refractivity contribution in [2.75, 3.05) is 24.6 Å². The van der Waals surface area contributed by atoms with E-state index in [2.05, 4.69) is 10.4 Å². The van der Waals surface area contributed by atoms with Crippen molar-refractivity contribution in [1.29, 1.82) is 0 Å². The minimum Gasteiger partial charge on any atom is -0.412 e. The molecule has 1 heterocycles. The average Bonchev–Trinajstić information content (AvgIpc) is 1.88. The molecular formula is C5H11KN2OS3. The van der Waals surface area contributed by atoms with Crippen LogP contribution in [0.3, 0.4) is 0 Å². The summed E-state index contributed by atoms with van der Waals surface area (Å²) in [6, 6.07) is 0. The Kier molecular flexibility index (Phi) is 13.1.